The van der Waals surface area contributed by atoms with Gasteiger partial charge < -0.3 is 15.7 Å². The summed E-state index contributed by atoms with van der Waals surface area (Å²) < 4.78 is 22.9. The van der Waals surface area contributed by atoms with E-state index in [0.29, 0.717) is 0 Å². The van der Waals surface area contributed by atoms with Crippen LogP contribution in [0.5, 0.6) is 0 Å². The smallest absolute Gasteiger partial charge is 0.329 e. The number of aliphatic carboxylic acids is 1. The van der Waals surface area contributed by atoms with E-state index in [2.05, 4.69) is 10.6 Å². The average molecular weight is 320 g/mol. The SMILES string of the molecule is CC(NC(=O)NCCS(=O)(=O)C(C)(C)C)(C(=O)O)C1CC1. The molecule has 1 atom stereocenters. The largest absolute Gasteiger partial charge is 0.480 e. The first-order chi connectivity index (χ1) is 9.40. The summed E-state index contributed by atoms with van der Waals surface area (Å²) in [5.41, 5.74) is -1.30. The highest BCUT2D eigenvalue weighted by Crippen LogP contribution is 2.39. The number of hydrogen-bond donors (Lipinski definition) is 3. The maximum absolute atomic E-state index is 11.9. The van der Waals surface area contributed by atoms with Gasteiger partial charge in [-0.25, -0.2) is 18.0 Å². The third-order valence-electron chi connectivity index (χ3n) is 3.80. The highest BCUT2D eigenvalue weighted by atomic mass is 32.2. The second kappa shape index (κ2) is 5.82. The molecule has 21 heavy (non-hydrogen) atoms. The van der Waals surface area contributed by atoms with E-state index in [1.54, 1.807) is 20.8 Å². The fourth-order valence-corrected chi connectivity index (χ4v) is 2.86. The number of amides is 2. The lowest BCUT2D eigenvalue weighted by Crippen LogP contribution is -2.57. The van der Waals surface area contributed by atoms with Crippen LogP contribution in [0.3, 0.4) is 0 Å². The van der Waals surface area contributed by atoms with Crippen LogP contribution < -0.4 is 10.6 Å². The van der Waals surface area contributed by atoms with Crippen LogP contribution in [0.1, 0.15) is 40.5 Å². The standard InChI is InChI=1S/C13H24N2O5S/c1-12(2,3)21(19,20)8-7-14-11(18)15-13(4,10(16)17)9-5-6-9/h9H,5-8H2,1-4H3,(H,16,17)(H2,14,15,18). The molecule has 0 bridgehead atoms. The van der Waals surface area contributed by atoms with Crippen molar-refractivity contribution >= 4 is 21.8 Å². The Labute approximate surface area is 125 Å². The average Bonchev–Trinajstić information content (AvgIpc) is 3.10. The van der Waals surface area contributed by atoms with E-state index in [-0.39, 0.29) is 18.2 Å². The van der Waals surface area contributed by atoms with Crippen molar-refractivity contribution in [1.82, 2.24) is 10.6 Å². The van der Waals surface area contributed by atoms with Crippen molar-refractivity contribution in [3.63, 3.8) is 0 Å². The van der Waals surface area contributed by atoms with Gasteiger partial charge in [0.1, 0.15) is 5.54 Å². The third-order valence-corrected chi connectivity index (χ3v) is 6.41. The Hall–Kier alpha value is -1.31. The zero-order valence-corrected chi connectivity index (χ0v) is 13.7. The van der Waals surface area contributed by atoms with Crippen LogP contribution in [0.25, 0.3) is 0 Å². The van der Waals surface area contributed by atoms with Crippen molar-refractivity contribution in [2.75, 3.05) is 12.3 Å². The van der Waals surface area contributed by atoms with Crippen molar-refractivity contribution in [1.29, 1.82) is 0 Å². The van der Waals surface area contributed by atoms with Gasteiger partial charge in [-0.3, -0.25) is 0 Å². The van der Waals surface area contributed by atoms with Crippen LogP contribution in [0.2, 0.25) is 0 Å². The minimum absolute atomic E-state index is 0.0498. The van der Waals surface area contributed by atoms with Gasteiger partial charge in [-0.2, -0.15) is 0 Å². The molecule has 1 rings (SSSR count). The summed E-state index contributed by atoms with van der Waals surface area (Å²) in [5, 5.41) is 14.1. The number of carboxylic acids is 1. The molecule has 1 aliphatic rings. The molecule has 0 aromatic heterocycles. The molecule has 8 heteroatoms. The zero-order chi connectivity index (χ0) is 16.5. The number of hydrogen-bond acceptors (Lipinski definition) is 4. The Bertz CT molecular complexity index is 519. The summed E-state index contributed by atoms with van der Waals surface area (Å²) in [5.74, 6) is -1.33. The second-order valence-corrected chi connectivity index (χ2v) is 9.46. The highest BCUT2D eigenvalue weighted by molar-refractivity contribution is 7.92. The second-order valence-electron chi connectivity index (χ2n) is 6.59. The Morgan fingerprint density at radius 3 is 2.10 bits per heavy atom. The molecule has 0 saturated heterocycles. The van der Waals surface area contributed by atoms with Gasteiger partial charge in [-0.1, -0.05) is 0 Å². The van der Waals surface area contributed by atoms with Gasteiger partial charge in [0.2, 0.25) is 0 Å². The minimum atomic E-state index is -3.32. The molecule has 3 N–H and O–H groups in total. The summed E-state index contributed by atoms with van der Waals surface area (Å²) in [6, 6.07) is -0.657. The zero-order valence-electron chi connectivity index (χ0n) is 12.9. The topological polar surface area (TPSA) is 113 Å². The van der Waals surface area contributed by atoms with E-state index in [4.69, 9.17) is 0 Å². The van der Waals surface area contributed by atoms with Crippen molar-refractivity contribution in [2.24, 2.45) is 5.92 Å². The van der Waals surface area contributed by atoms with Gasteiger partial charge in [-0.05, 0) is 46.5 Å². The third kappa shape index (κ3) is 4.33. The van der Waals surface area contributed by atoms with E-state index < -0.39 is 32.1 Å². The van der Waals surface area contributed by atoms with E-state index in [1.165, 1.54) is 6.92 Å². The predicted octanol–water partition coefficient (Wildman–Crippen LogP) is 0.752. The first-order valence-corrected chi connectivity index (χ1v) is 8.57. The lowest BCUT2D eigenvalue weighted by molar-refractivity contribution is -0.144. The lowest BCUT2D eigenvalue weighted by atomic mass is 9.96. The molecule has 0 heterocycles. The van der Waals surface area contributed by atoms with E-state index >= 15 is 0 Å². The molecule has 1 fully saturated rings. The maximum Gasteiger partial charge on any atom is 0.329 e. The van der Waals surface area contributed by atoms with Crippen LogP contribution in [0, 0.1) is 5.92 Å². The molecule has 1 unspecified atom stereocenters. The summed E-state index contributed by atoms with van der Waals surface area (Å²) >= 11 is 0. The van der Waals surface area contributed by atoms with Gasteiger partial charge in [0, 0.05) is 6.54 Å². The number of sulfone groups is 1. The van der Waals surface area contributed by atoms with Gasteiger partial charge in [0.05, 0.1) is 10.5 Å². The van der Waals surface area contributed by atoms with Crippen LogP contribution >= 0.6 is 0 Å². The Morgan fingerprint density at radius 2 is 1.71 bits per heavy atom. The van der Waals surface area contributed by atoms with Crippen LogP contribution in [0.15, 0.2) is 0 Å². The molecular formula is C13H24N2O5S. The quantitative estimate of drug-likeness (QED) is 0.668. The number of nitrogens with one attached hydrogen (secondary N) is 2. The highest BCUT2D eigenvalue weighted by Gasteiger charge is 2.48. The van der Waals surface area contributed by atoms with Crippen molar-refractivity contribution in [3.05, 3.63) is 0 Å². The normalized spacial score (nSPS) is 18.7. The lowest BCUT2D eigenvalue weighted by Gasteiger charge is -2.26. The van der Waals surface area contributed by atoms with Gasteiger partial charge in [0.25, 0.3) is 0 Å². The number of carbonyl (C=O) groups excluding carboxylic acids is 1. The maximum atomic E-state index is 11.9. The van der Waals surface area contributed by atoms with Crippen molar-refractivity contribution in [2.45, 2.75) is 50.8 Å². The van der Waals surface area contributed by atoms with Crippen LogP contribution in [-0.4, -0.2) is 48.1 Å². The molecule has 0 aromatic rings. The summed E-state index contributed by atoms with van der Waals surface area (Å²) in [6.07, 6.45) is 1.53. The molecule has 2 amide bonds. The molecule has 0 aromatic carbocycles. The Kier molecular flexibility index (Phi) is 4.92. The van der Waals surface area contributed by atoms with E-state index in [9.17, 15) is 23.1 Å². The Morgan fingerprint density at radius 1 is 1.19 bits per heavy atom. The number of carboxylic acid groups (broad SMARTS) is 1. The fraction of sp³-hybridized carbons (Fsp3) is 0.846. The molecule has 1 aliphatic carbocycles. The number of rotatable bonds is 6. The van der Waals surface area contributed by atoms with Crippen LogP contribution in [-0.2, 0) is 14.6 Å². The first-order valence-electron chi connectivity index (χ1n) is 6.92. The summed E-state index contributed by atoms with van der Waals surface area (Å²) in [7, 11) is -3.32. The first kappa shape index (κ1) is 17.7. The molecule has 122 valence electrons. The molecular weight excluding hydrogens is 296 g/mol. The van der Waals surface area contributed by atoms with E-state index in [1.807, 2.05) is 0 Å². The Balaban J connectivity index is 2.50. The summed E-state index contributed by atoms with van der Waals surface area (Å²) in [4.78, 5) is 23.0. The molecule has 1 saturated carbocycles. The van der Waals surface area contributed by atoms with Crippen molar-refractivity contribution in [3.8, 4) is 0 Å². The number of urea groups is 1. The monoisotopic (exact) mass is 320 g/mol. The molecule has 0 spiro atoms. The predicted molar refractivity (Wildman–Crippen MR) is 78.8 cm³/mol. The minimum Gasteiger partial charge on any atom is -0.480 e. The fourth-order valence-electron chi connectivity index (χ4n) is 1.88. The van der Waals surface area contributed by atoms with Gasteiger partial charge >= 0.3 is 12.0 Å². The van der Waals surface area contributed by atoms with Gasteiger partial charge in [-0.15, -0.1) is 0 Å². The summed E-state index contributed by atoms with van der Waals surface area (Å²) in [6.45, 7) is 6.20. The molecule has 7 nitrogen and oxygen atoms in total. The van der Waals surface area contributed by atoms with Crippen molar-refractivity contribution < 1.29 is 23.1 Å². The molecule has 0 aliphatic heterocycles. The molecule has 0 radical (unpaired) electrons. The van der Waals surface area contributed by atoms with Gasteiger partial charge in [0.15, 0.2) is 9.84 Å². The number of carbonyl (C=O) groups is 2. The van der Waals surface area contributed by atoms with Crippen LogP contribution in [0.4, 0.5) is 4.79 Å². The van der Waals surface area contributed by atoms with E-state index in [0.717, 1.165) is 12.8 Å².